The van der Waals surface area contributed by atoms with E-state index in [1.807, 2.05) is 30.3 Å². The van der Waals surface area contributed by atoms with Gasteiger partial charge in [0.2, 0.25) is 0 Å². The third-order valence-corrected chi connectivity index (χ3v) is 2.88. The third kappa shape index (κ3) is 4.87. The average molecular weight is 250 g/mol. The molecule has 0 aromatic heterocycles. The normalized spacial score (nSPS) is 11.1. The maximum absolute atomic E-state index is 11.5. The molecule has 0 aliphatic carbocycles. The van der Waals surface area contributed by atoms with E-state index in [9.17, 15) is 9.59 Å². The highest BCUT2D eigenvalue weighted by Gasteiger charge is 2.10. The summed E-state index contributed by atoms with van der Waals surface area (Å²) in [6.07, 6.45) is 1.74. The summed E-state index contributed by atoms with van der Waals surface area (Å²) in [6, 6.07) is 9.46. The molecule has 0 saturated carbocycles. The molecule has 0 unspecified atom stereocenters. The van der Waals surface area contributed by atoms with Gasteiger partial charge in [0.25, 0.3) is 0 Å². The van der Waals surface area contributed by atoms with Crippen molar-refractivity contribution in [3.63, 3.8) is 0 Å². The van der Waals surface area contributed by atoms with Gasteiger partial charge in [-0.15, -0.1) is 0 Å². The van der Waals surface area contributed by atoms with E-state index in [0.29, 0.717) is 11.3 Å². The first kappa shape index (κ1) is 13.5. The fourth-order valence-electron chi connectivity index (χ4n) is 1.22. The van der Waals surface area contributed by atoms with Crippen LogP contribution in [0.3, 0.4) is 0 Å². The molecule has 0 amide bonds. The maximum Gasteiger partial charge on any atom is 0.334 e. The Balaban J connectivity index is 2.86. The lowest BCUT2D eigenvalue weighted by Crippen LogP contribution is -2.07. The molecule has 0 heterocycles. The Hall–Kier alpha value is -1.55. The molecule has 0 radical (unpaired) electrons. The molecule has 0 bridgehead atoms. The number of esters is 1. The van der Waals surface area contributed by atoms with Crippen LogP contribution in [-0.2, 0) is 14.3 Å². The standard InChI is InChI=1S/C13H14O3S/c1-10(14)17-9-12(13(15)16-2)8-11-6-4-3-5-7-11/h3-8H,9H2,1-2H3/b12-8+. The van der Waals surface area contributed by atoms with Crippen molar-refractivity contribution in [3.05, 3.63) is 41.5 Å². The van der Waals surface area contributed by atoms with E-state index < -0.39 is 5.97 Å². The summed E-state index contributed by atoms with van der Waals surface area (Å²) in [5, 5.41) is -0.0205. The molecule has 0 aliphatic heterocycles. The van der Waals surface area contributed by atoms with Crippen molar-refractivity contribution in [2.75, 3.05) is 12.9 Å². The van der Waals surface area contributed by atoms with Crippen LogP contribution in [0.25, 0.3) is 6.08 Å². The van der Waals surface area contributed by atoms with Gasteiger partial charge in [-0.25, -0.2) is 4.79 Å². The summed E-state index contributed by atoms with van der Waals surface area (Å²) in [4.78, 5) is 22.4. The van der Waals surface area contributed by atoms with Crippen LogP contribution in [0.15, 0.2) is 35.9 Å². The van der Waals surface area contributed by atoms with Gasteiger partial charge in [0.15, 0.2) is 5.12 Å². The maximum atomic E-state index is 11.5. The van der Waals surface area contributed by atoms with E-state index in [2.05, 4.69) is 4.74 Å². The van der Waals surface area contributed by atoms with Crippen LogP contribution >= 0.6 is 11.8 Å². The Kier molecular flexibility index (Phi) is 5.49. The second-order valence-electron chi connectivity index (χ2n) is 3.35. The number of methoxy groups -OCH3 is 1. The minimum Gasteiger partial charge on any atom is -0.466 e. The van der Waals surface area contributed by atoms with Crippen LogP contribution < -0.4 is 0 Å². The minimum atomic E-state index is -0.400. The van der Waals surface area contributed by atoms with Crippen molar-refractivity contribution in [3.8, 4) is 0 Å². The van der Waals surface area contributed by atoms with Crippen LogP contribution in [0.1, 0.15) is 12.5 Å². The highest BCUT2D eigenvalue weighted by Crippen LogP contribution is 2.14. The number of rotatable bonds is 4. The largest absolute Gasteiger partial charge is 0.466 e. The molecule has 17 heavy (non-hydrogen) atoms. The predicted octanol–water partition coefficient (Wildman–Crippen LogP) is 2.52. The van der Waals surface area contributed by atoms with E-state index in [0.717, 1.165) is 17.3 Å². The molecular weight excluding hydrogens is 236 g/mol. The Morgan fingerprint density at radius 1 is 1.29 bits per heavy atom. The van der Waals surface area contributed by atoms with Gasteiger partial charge < -0.3 is 4.74 Å². The van der Waals surface area contributed by atoms with E-state index >= 15 is 0 Å². The van der Waals surface area contributed by atoms with Gasteiger partial charge in [-0.1, -0.05) is 42.1 Å². The minimum absolute atomic E-state index is 0.0205. The number of thioether (sulfide) groups is 1. The monoisotopic (exact) mass is 250 g/mol. The number of hydrogen-bond acceptors (Lipinski definition) is 4. The second-order valence-corrected chi connectivity index (χ2v) is 4.50. The van der Waals surface area contributed by atoms with Gasteiger partial charge in [-0.2, -0.15) is 0 Å². The van der Waals surface area contributed by atoms with E-state index in [-0.39, 0.29) is 5.12 Å². The molecule has 0 N–H and O–H groups in total. The predicted molar refractivity (Wildman–Crippen MR) is 69.6 cm³/mol. The summed E-state index contributed by atoms with van der Waals surface area (Å²) in [5.74, 6) is -0.0701. The first-order chi connectivity index (χ1) is 8.13. The zero-order valence-corrected chi connectivity index (χ0v) is 10.6. The summed E-state index contributed by atoms with van der Waals surface area (Å²) in [5.41, 5.74) is 1.40. The SMILES string of the molecule is COC(=O)/C(=C/c1ccccc1)CSC(C)=O. The van der Waals surface area contributed by atoms with Crippen LogP contribution in [0, 0.1) is 0 Å². The molecule has 0 saturated heterocycles. The molecule has 1 aromatic carbocycles. The summed E-state index contributed by atoms with van der Waals surface area (Å²) >= 11 is 1.09. The highest BCUT2D eigenvalue weighted by atomic mass is 32.2. The molecule has 0 fully saturated rings. The summed E-state index contributed by atoms with van der Waals surface area (Å²) in [6.45, 7) is 1.47. The van der Waals surface area contributed by atoms with Crippen molar-refractivity contribution < 1.29 is 14.3 Å². The van der Waals surface area contributed by atoms with Crippen molar-refractivity contribution in [2.45, 2.75) is 6.92 Å². The van der Waals surface area contributed by atoms with Gasteiger partial charge in [-0.3, -0.25) is 4.79 Å². The lowest BCUT2D eigenvalue weighted by Gasteiger charge is -2.04. The molecule has 0 atom stereocenters. The van der Waals surface area contributed by atoms with Gasteiger partial charge >= 0.3 is 5.97 Å². The van der Waals surface area contributed by atoms with Crippen LogP contribution in [0.5, 0.6) is 0 Å². The number of carbonyl (C=O) groups excluding carboxylic acids is 2. The average Bonchev–Trinajstić information content (AvgIpc) is 2.34. The smallest absolute Gasteiger partial charge is 0.334 e. The van der Waals surface area contributed by atoms with E-state index in [1.54, 1.807) is 6.08 Å². The first-order valence-corrected chi connectivity index (χ1v) is 6.09. The third-order valence-electron chi connectivity index (χ3n) is 2.02. The molecular formula is C13H14O3S. The molecule has 1 rings (SSSR count). The van der Waals surface area contributed by atoms with E-state index in [1.165, 1.54) is 14.0 Å². The zero-order valence-electron chi connectivity index (χ0n) is 9.80. The van der Waals surface area contributed by atoms with Crippen LogP contribution in [-0.4, -0.2) is 23.9 Å². The van der Waals surface area contributed by atoms with Gasteiger partial charge in [-0.05, 0) is 11.6 Å². The fourth-order valence-corrected chi connectivity index (χ4v) is 1.78. The Morgan fingerprint density at radius 2 is 1.94 bits per heavy atom. The van der Waals surface area contributed by atoms with Crippen LogP contribution in [0.4, 0.5) is 0 Å². The van der Waals surface area contributed by atoms with Gasteiger partial charge in [0.1, 0.15) is 0 Å². The number of ether oxygens (including phenoxy) is 1. The van der Waals surface area contributed by atoms with Gasteiger partial charge in [0, 0.05) is 18.2 Å². The van der Waals surface area contributed by atoms with E-state index in [4.69, 9.17) is 0 Å². The quantitative estimate of drug-likeness (QED) is 0.608. The van der Waals surface area contributed by atoms with Crippen molar-refractivity contribution in [1.29, 1.82) is 0 Å². The lowest BCUT2D eigenvalue weighted by molar-refractivity contribution is -0.135. The van der Waals surface area contributed by atoms with Gasteiger partial charge in [0.05, 0.1) is 7.11 Å². The number of benzene rings is 1. The van der Waals surface area contributed by atoms with Crippen molar-refractivity contribution in [1.82, 2.24) is 0 Å². The Morgan fingerprint density at radius 3 is 2.47 bits per heavy atom. The molecule has 1 aromatic rings. The van der Waals surface area contributed by atoms with Crippen molar-refractivity contribution >= 4 is 28.9 Å². The molecule has 0 spiro atoms. The Labute approximate surface area is 105 Å². The number of carbonyl (C=O) groups is 2. The zero-order chi connectivity index (χ0) is 12.7. The lowest BCUT2D eigenvalue weighted by atomic mass is 10.1. The second kappa shape index (κ2) is 6.91. The molecule has 90 valence electrons. The molecule has 0 aliphatic rings. The summed E-state index contributed by atoms with van der Waals surface area (Å²) in [7, 11) is 1.33. The highest BCUT2D eigenvalue weighted by molar-refractivity contribution is 8.13. The molecule has 3 nitrogen and oxygen atoms in total. The van der Waals surface area contributed by atoms with Crippen LogP contribution in [0.2, 0.25) is 0 Å². The molecule has 4 heteroatoms. The fraction of sp³-hybridized carbons (Fsp3) is 0.231. The number of hydrogen-bond donors (Lipinski definition) is 0. The van der Waals surface area contributed by atoms with Crippen molar-refractivity contribution in [2.24, 2.45) is 0 Å². The summed E-state index contributed by atoms with van der Waals surface area (Å²) < 4.78 is 4.69. The first-order valence-electron chi connectivity index (χ1n) is 5.11. The topological polar surface area (TPSA) is 43.4 Å². The Bertz CT molecular complexity index is 424.